The molecule has 0 aromatic heterocycles. The zero-order valence-corrected chi connectivity index (χ0v) is 8.98. The van der Waals surface area contributed by atoms with E-state index in [0.29, 0.717) is 6.42 Å². The summed E-state index contributed by atoms with van der Waals surface area (Å²) in [6.45, 7) is 0. The molecule has 14 heavy (non-hydrogen) atoms. The number of benzene rings is 1. The van der Waals surface area contributed by atoms with Gasteiger partial charge in [-0.15, -0.1) is 0 Å². The van der Waals surface area contributed by atoms with Crippen molar-refractivity contribution in [2.24, 2.45) is 0 Å². The van der Waals surface area contributed by atoms with E-state index in [1.807, 2.05) is 30.3 Å². The molecule has 1 atom stereocenters. The van der Waals surface area contributed by atoms with Crippen LogP contribution in [0.5, 0.6) is 0 Å². The van der Waals surface area contributed by atoms with Crippen LogP contribution in [0.25, 0.3) is 0 Å². The van der Waals surface area contributed by atoms with Gasteiger partial charge < -0.3 is 0 Å². The van der Waals surface area contributed by atoms with E-state index in [4.69, 9.17) is 0 Å². The molecule has 1 aromatic carbocycles. The van der Waals surface area contributed by atoms with Crippen molar-refractivity contribution < 1.29 is 13.2 Å². The lowest BCUT2D eigenvalue weighted by Gasteiger charge is -2.13. The van der Waals surface area contributed by atoms with Gasteiger partial charge in [0.2, 0.25) is 0 Å². The zero-order valence-electron chi connectivity index (χ0n) is 7.39. The average Bonchev–Trinajstić information content (AvgIpc) is 2.14. The summed E-state index contributed by atoms with van der Waals surface area (Å²) in [7, 11) is 0. The van der Waals surface area contributed by atoms with Crippen molar-refractivity contribution in [3.8, 4) is 0 Å². The van der Waals surface area contributed by atoms with Crippen LogP contribution in [-0.2, 0) is 6.42 Å². The molecule has 0 N–H and O–H groups in total. The van der Waals surface area contributed by atoms with Crippen LogP contribution < -0.4 is 0 Å². The Morgan fingerprint density at radius 2 is 1.71 bits per heavy atom. The van der Waals surface area contributed by atoms with E-state index in [0.717, 1.165) is 5.56 Å². The first-order valence-electron chi connectivity index (χ1n) is 4.25. The molecule has 0 aliphatic heterocycles. The van der Waals surface area contributed by atoms with E-state index >= 15 is 0 Å². The van der Waals surface area contributed by atoms with Crippen LogP contribution in [-0.4, -0.2) is 11.0 Å². The molecule has 4 heteroatoms. The van der Waals surface area contributed by atoms with Gasteiger partial charge in [0.15, 0.2) is 0 Å². The van der Waals surface area contributed by atoms with Crippen LogP contribution >= 0.6 is 15.9 Å². The van der Waals surface area contributed by atoms with Crippen LogP contribution in [0, 0.1) is 0 Å². The lowest BCUT2D eigenvalue weighted by molar-refractivity contribution is -0.128. The smallest absolute Gasteiger partial charge is 0.170 e. The van der Waals surface area contributed by atoms with Crippen LogP contribution in [0.1, 0.15) is 12.0 Å². The van der Waals surface area contributed by atoms with E-state index in [1.165, 1.54) is 0 Å². The molecule has 0 spiro atoms. The van der Waals surface area contributed by atoms with Gasteiger partial charge in [-0.1, -0.05) is 46.3 Å². The molecule has 1 aromatic rings. The van der Waals surface area contributed by atoms with Crippen molar-refractivity contribution in [3.05, 3.63) is 35.9 Å². The molecule has 78 valence electrons. The van der Waals surface area contributed by atoms with E-state index < -0.39 is 11.0 Å². The Bertz CT molecular complexity index is 268. The first kappa shape index (κ1) is 11.6. The van der Waals surface area contributed by atoms with Crippen molar-refractivity contribution in [1.82, 2.24) is 0 Å². The maximum atomic E-state index is 12.1. The number of hydrogen-bond donors (Lipinski definition) is 0. The molecule has 1 rings (SSSR count). The van der Waals surface area contributed by atoms with E-state index in [9.17, 15) is 13.2 Å². The Labute approximate surface area is 89.3 Å². The molecule has 1 unspecified atom stereocenters. The summed E-state index contributed by atoms with van der Waals surface area (Å²) in [6, 6.07) is 9.16. The molecule has 0 saturated heterocycles. The summed E-state index contributed by atoms with van der Waals surface area (Å²) in [5.74, 6) is 0. The van der Waals surface area contributed by atoms with E-state index in [-0.39, 0.29) is 6.42 Å². The third kappa shape index (κ3) is 3.70. The Morgan fingerprint density at radius 1 is 1.14 bits per heavy atom. The molecule has 0 bridgehead atoms. The van der Waals surface area contributed by atoms with Crippen LogP contribution in [0.4, 0.5) is 13.2 Å². The second-order valence-corrected chi connectivity index (χ2v) is 4.14. The summed E-state index contributed by atoms with van der Waals surface area (Å²) in [4.78, 5) is -1.41. The SMILES string of the molecule is FC(F)(F)C(Br)CCc1ccccc1. The van der Waals surface area contributed by atoms with Gasteiger partial charge in [-0.25, -0.2) is 0 Å². The molecule has 0 nitrogen and oxygen atoms in total. The minimum absolute atomic E-state index is 0.0769. The largest absolute Gasteiger partial charge is 0.401 e. The maximum absolute atomic E-state index is 12.1. The van der Waals surface area contributed by atoms with Gasteiger partial charge in [-0.2, -0.15) is 13.2 Å². The molecular formula is C10H10BrF3. The summed E-state index contributed by atoms with van der Waals surface area (Å²) < 4.78 is 36.3. The third-order valence-corrected chi connectivity index (χ3v) is 2.86. The second-order valence-electron chi connectivity index (χ2n) is 3.03. The van der Waals surface area contributed by atoms with E-state index in [2.05, 4.69) is 15.9 Å². The normalized spacial score (nSPS) is 14.0. The molecule has 0 aliphatic carbocycles. The zero-order chi connectivity index (χ0) is 10.6. The lowest BCUT2D eigenvalue weighted by Crippen LogP contribution is -2.23. The summed E-state index contributed by atoms with van der Waals surface area (Å²) >= 11 is 2.63. The highest BCUT2D eigenvalue weighted by molar-refractivity contribution is 9.09. The average molecular weight is 267 g/mol. The fourth-order valence-electron chi connectivity index (χ4n) is 1.10. The maximum Gasteiger partial charge on any atom is 0.401 e. The number of hydrogen-bond acceptors (Lipinski definition) is 0. The van der Waals surface area contributed by atoms with Gasteiger partial charge in [-0.3, -0.25) is 0 Å². The summed E-state index contributed by atoms with van der Waals surface area (Å²) in [6.07, 6.45) is -3.63. The fraction of sp³-hybridized carbons (Fsp3) is 0.400. The van der Waals surface area contributed by atoms with Crippen LogP contribution in [0.2, 0.25) is 0 Å². The first-order valence-corrected chi connectivity index (χ1v) is 5.16. The minimum Gasteiger partial charge on any atom is -0.170 e. The van der Waals surface area contributed by atoms with Crippen LogP contribution in [0.15, 0.2) is 30.3 Å². The Hall–Kier alpha value is -0.510. The first-order chi connectivity index (χ1) is 6.50. The van der Waals surface area contributed by atoms with Gasteiger partial charge in [0.1, 0.15) is 4.83 Å². The highest BCUT2D eigenvalue weighted by Crippen LogP contribution is 2.29. The molecule has 0 saturated carbocycles. The molecule has 0 aliphatic rings. The minimum atomic E-state index is -4.14. The highest BCUT2D eigenvalue weighted by atomic mass is 79.9. The summed E-state index contributed by atoms with van der Waals surface area (Å²) in [5.41, 5.74) is 0.932. The molecule has 0 fully saturated rings. The molecule has 0 heterocycles. The fourth-order valence-corrected chi connectivity index (χ4v) is 1.33. The summed E-state index contributed by atoms with van der Waals surface area (Å²) in [5, 5.41) is 0. The van der Waals surface area contributed by atoms with Gasteiger partial charge in [0, 0.05) is 0 Å². The van der Waals surface area contributed by atoms with Crippen LogP contribution in [0.3, 0.4) is 0 Å². The van der Waals surface area contributed by atoms with Crippen molar-refractivity contribution >= 4 is 15.9 Å². The van der Waals surface area contributed by atoms with Gasteiger partial charge in [0.25, 0.3) is 0 Å². The predicted octanol–water partition coefficient (Wildman–Crippen LogP) is 3.95. The third-order valence-electron chi connectivity index (χ3n) is 1.88. The Kier molecular flexibility index (Phi) is 3.98. The lowest BCUT2D eigenvalue weighted by atomic mass is 10.1. The topological polar surface area (TPSA) is 0 Å². The molecule has 0 radical (unpaired) electrons. The standard InChI is InChI=1S/C10H10BrF3/c11-9(10(12,13)14)7-6-8-4-2-1-3-5-8/h1-5,9H,6-7H2. The Morgan fingerprint density at radius 3 is 2.21 bits per heavy atom. The van der Waals surface area contributed by atoms with Crippen molar-refractivity contribution in [1.29, 1.82) is 0 Å². The highest BCUT2D eigenvalue weighted by Gasteiger charge is 2.36. The van der Waals surface area contributed by atoms with Crippen molar-refractivity contribution in [2.75, 3.05) is 0 Å². The molecular weight excluding hydrogens is 257 g/mol. The number of alkyl halides is 4. The van der Waals surface area contributed by atoms with Gasteiger partial charge in [-0.05, 0) is 18.4 Å². The number of halogens is 4. The molecule has 0 amide bonds. The number of aryl methyl sites for hydroxylation is 1. The Balaban J connectivity index is 2.42. The van der Waals surface area contributed by atoms with Gasteiger partial charge in [0.05, 0.1) is 0 Å². The van der Waals surface area contributed by atoms with Crippen molar-refractivity contribution in [2.45, 2.75) is 23.8 Å². The van der Waals surface area contributed by atoms with Gasteiger partial charge >= 0.3 is 6.18 Å². The number of rotatable bonds is 3. The second kappa shape index (κ2) is 4.82. The van der Waals surface area contributed by atoms with Crippen molar-refractivity contribution in [3.63, 3.8) is 0 Å². The van der Waals surface area contributed by atoms with E-state index in [1.54, 1.807) is 0 Å². The predicted molar refractivity (Wildman–Crippen MR) is 53.5 cm³/mol. The monoisotopic (exact) mass is 266 g/mol. The quantitative estimate of drug-likeness (QED) is 0.727.